The standard InChI is InChI=1S/C16H17N3O6S2/c1-2-19-15(11-3-6-13(7-4-11)24-26(17,20)21)9-12-5-8-14(10-16(12)19)25-27(18,22)23/h3-10H,2H2,1H3,(H2,17,20,21)(H2,18,22,23). The third kappa shape index (κ3) is 4.57. The van der Waals surface area contributed by atoms with Crippen molar-refractivity contribution in [3.05, 3.63) is 48.5 Å². The fraction of sp³-hybridized carbons (Fsp3) is 0.125. The van der Waals surface area contributed by atoms with Gasteiger partial charge in [0, 0.05) is 23.7 Å². The minimum absolute atomic E-state index is 0.101. The average molecular weight is 411 g/mol. The Kier molecular flexibility index (Phi) is 4.86. The van der Waals surface area contributed by atoms with E-state index in [0.717, 1.165) is 22.2 Å². The molecule has 0 unspecified atom stereocenters. The molecule has 11 heteroatoms. The third-order valence-corrected chi connectivity index (χ3v) is 4.62. The molecule has 0 saturated heterocycles. The van der Waals surface area contributed by atoms with Gasteiger partial charge in [-0.3, -0.25) is 0 Å². The van der Waals surface area contributed by atoms with Gasteiger partial charge in [-0.25, -0.2) is 0 Å². The van der Waals surface area contributed by atoms with Gasteiger partial charge in [-0.15, -0.1) is 0 Å². The van der Waals surface area contributed by atoms with Crippen LogP contribution in [0.3, 0.4) is 0 Å². The molecule has 0 radical (unpaired) electrons. The highest BCUT2D eigenvalue weighted by molar-refractivity contribution is 7.85. The summed E-state index contributed by atoms with van der Waals surface area (Å²) in [5.41, 5.74) is 2.42. The second-order valence-electron chi connectivity index (χ2n) is 5.67. The van der Waals surface area contributed by atoms with Gasteiger partial charge in [0.15, 0.2) is 0 Å². The molecule has 0 bridgehead atoms. The van der Waals surface area contributed by atoms with Crippen molar-refractivity contribution in [2.24, 2.45) is 10.3 Å². The summed E-state index contributed by atoms with van der Waals surface area (Å²) in [5.74, 6) is 0.213. The van der Waals surface area contributed by atoms with E-state index in [2.05, 4.69) is 4.18 Å². The molecule has 0 spiro atoms. The van der Waals surface area contributed by atoms with Crippen molar-refractivity contribution in [3.63, 3.8) is 0 Å². The zero-order valence-corrected chi connectivity index (χ0v) is 15.8. The molecule has 1 aromatic heterocycles. The fourth-order valence-corrected chi connectivity index (χ4v) is 3.57. The van der Waals surface area contributed by atoms with E-state index in [0.29, 0.717) is 6.54 Å². The first-order valence-corrected chi connectivity index (χ1v) is 10.7. The molecule has 9 nitrogen and oxygen atoms in total. The SMILES string of the molecule is CCn1c(-c2ccc(OS(N)(=O)=O)cc2)cc2ccc(OS(N)(=O)=O)cc21. The summed E-state index contributed by atoms with van der Waals surface area (Å²) < 4.78 is 55.6. The second-order valence-corrected chi connectivity index (χ2v) is 7.98. The minimum Gasteiger partial charge on any atom is -0.371 e. The number of benzene rings is 2. The lowest BCUT2D eigenvalue weighted by atomic mass is 10.1. The first kappa shape index (κ1) is 19.2. The van der Waals surface area contributed by atoms with Gasteiger partial charge in [0.1, 0.15) is 11.5 Å². The molecule has 144 valence electrons. The van der Waals surface area contributed by atoms with E-state index in [9.17, 15) is 16.8 Å². The van der Waals surface area contributed by atoms with Gasteiger partial charge < -0.3 is 12.9 Å². The van der Waals surface area contributed by atoms with Crippen LogP contribution in [0.25, 0.3) is 22.2 Å². The van der Waals surface area contributed by atoms with E-state index in [1.807, 2.05) is 17.6 Å². The molecule has 4 N–H and O–H groups in total. The maximum atomic E-state index is 11.1. The Morgan fingerprint density at radius 3 is 1.96 bits per heavy atom. The van der Waals surface area contributed by atoms with Crippen molar-refractivity contribution < 1.29 is 25.2 Å². The lowest BCUT2D eigenvalue weighted by molar-refractivity contribution is 0.486. The summed E-state index contributed by atoms with van der Waals surface area (Å²) in [4.78, 5) is 0. The van der Waals surface area contributed by atoms with Crippen LogP contribution in [0.4, 0.5) is 0 Å². The predicted molar refractivity (Wildman–Crippen MR) is 101 cm³/mol. The fourth-order valence-electron chi connectivity index (χ4n) is 2.82. The Labute approximate surface area is 156 Å². The van der Waals surface area contributed by atoms with Crippen LogP contribution in [-0.4, -0.2) is 21.4 Å². The molecule has 0 saturated carbocycles. The van der Waals surface area contributed by atoms with Gasteiger partial charge in [0.25, 0.3) is 0 Å². The molecule has 0 atom stereocenters. The van der Waals surface area contributed by atoms with E-state index in [1.54, 1.807) is 24.3 Å². The van der Waals surface area contributed by atoms with E-state index in [-0.39, 0.29) is 11.5 Å². The molecular formula is C16H17N3O6S2. The Bertz CT molecular complexity index is 1200. The second kappa shape index (κ2) is 6.85. The molecule has 3 aromatic rings. The molecule has 27 heavy (non-hydrogen) atoms. The summed E-state index contributed by atoms with van der Waals surface area (Å²) in [6.45, 7) is 2.54. The molecule has 2 aromatic carbocycles. The summed E-state index contributed by atoms with van der Waals surface area (Å²) in [7, 11) is -8.20. The third-order valence-electron chi connectivity index (χ3n) is 3.77. The molecule has 0 aliphatic carbocycles. The first-order chi connectivity index (χ1) is 12.6. The van der Waals surface area contributed by atoms with Crippen molar-refractivity contribution in [2.75, 3.05) is 0 Å². The van der Waals surface area contributed by atoms with Crippen LogP contribution in [0.5, 0.6) is 11.5 Å². The average Bonchev–Trinajstić information content (AvgIpc) is 2.90. The first-order valence-electron chi connectivity index (χ1n) is 7.74. The van der Waals surface area contributed by atoms with Crippen molar-refractivity contribution in [1.82, 2.24) is 4.57 Å². The summed E-state index contributed by atoms with van der Waals surface area (Å²) in [5, 5.41) is 10.6. The van der Waals surface area contributed by atoms with Crippen molar-refractivity contribution in [1.29, 1.82) is 0 Å². The number of nitrogens with two attached hydrogens (primary N) is 2. The molecule has 0 aliphatic heterocycles. The van der Waals surface area contributed by atoms with Crippen LogP contribution in [0.1, 0.15) is 6.92 Å². The maximum absolute atomic E-state index is 11.1. The molecule has 0 aliphatic rings. The number of hydrogen-bond acceptors (Lipinski definition) is 6. The van der Waals surface area contributed by atoms with Gasteiger partial charge in [0.2, 0.25) is 0 Å². The maximum Gasteiger partial charge on any atom is 0.380 e. The Morgan fingerprint density at radius 2 is 1.41 bits per heavy atom. The predicted octanol–water partition coefficient (Wildman–Crippen LogP) is 1.49. The highest BCUT2D eigenvalue weighted by atomic mass is 32.2. The summed E-state index contributed by atoms with van der Waals surface area (Å²) in [6.07, 6.45) is 0. The number of rotatable bonds is 6. The zero-order chi connectivity index (χ0) is 19.8. The van der Waals surface area contributed by atoms with Crippen LogP contribution in [-0.2, 0) is 27.2 Å². The van der Waals surface area contributed by atoms with Gasteiger partial charge in [-0.2, -0.15) is 27.1 Å². The van der Waals surface area contributed by atoms with Crippen molar-refractivity contribution >= 4 is 31.5 Å². The quantitative estimate of drug-likeness (QED) is 0.629. The number of aromatic nitrogens is 1. The number of hydrogen-bond donors (Lipinski definition) is 2. The minimum atomic E-state index is -4.11. The van der Waals surface area contributed by atoms with Crippen LogP contribution >= 0.6 is 0 Å². The molecule has 0 amide bonds. The van der Waals surface area contributed by atoms with Crippen LogP contribution in [0.15, 0.2) is 48.5 Å². The lowest BCUT2D eigenvalue weighted by Gasteiger charge is -2.10. The largest absolute Gasteiger partial charge is 0.380 e. The Morgan fingerprint density at radius 1 is 0.852 bits per heavy atom. The monoisotopic (exact) mass is 411 g/mol. The topological polar surface area (TPSA) is 144 Å². The number of nitrogens with zero attached hydrogens (tertiary/aromatic N) is 1. The van der Waals surface area contributed by atoms with Gasteiger partial charge >= 0.3 is 20.6 Å². The molecule has 3 rings (SSSR count). The zero-order valence-electron chi connectivity index (χ0n) is 14.2. The van der Waals surface area contributed by atoms with Crippen LogP contribution in [0.2, 0.25) is 0 Å². The highest BCUT2D eigenvalue weighted by Crippen LogP contribution is 2.31. The smallest absolute Gasteiger partial charge is 0.371 e. The number of fused-ring (bicyclic) bond motifs is 1. The Balaban J connectivity index is 2.04. The lowest BCUT2D eigenvalue weighted by Crippen LogP contribution is -2.18. The molecule has 0 fully saturated rings. The van der Waals surface area contributed by atoms with Crippen molar-refractivity contribution in [2.45, 2.75) is 13.5 Å². The van der Waals surface area contributed by atoms with Crippen molar-refractivity contribution in [3.8, 4) is 22.8 Å². The van der Waals surface area contributed by atoms with Crippen LogP contribution < -0.4 is 18.6 Å². The normalized spacial score (nSPS) is 12.3. The summed E-state index contributed by atoms with van der Waals surface area (Å²) >= 11 is 0. The number of aryl methyl sites for hydroxylation is 1. The highest BCUT2D eigenvalue weighted by Gasteiger charge is 2.13. The van der Waals surface area contributed by atoms with E-state index in [4.69, 9.17) is 14.5 Å². The van der Waals surface area contributed by atoms with Gasteiger partial charge in [-0.1, -0.05) is 0 Å². The Hall–Kier alpha value is -2.60. The van der Waals surface area contributed by atoms with Gasteiger partial charge in [0.05, 0.1) is 5.52 Å². The van der Waals surface area contributed by atoms with Crippen LogP contribution in [0, 0.1) is 0 Å². The van der Waals surface area contributed by atoms with E-state index < -0.39 is 20.6 Å². The van der Waals surface area contributed by atoms with E-state index >= 15 is 0 Å². The van der Waals surface area contributed by atoms with E-state index in [1.165, 1.54) is 18.2 Å². The molecular weight excluding hydrogens is 394 g/mol. The molecule has 1 heterocycles. The summed E-state index contributed by atoms with van der Waals surface area (Å²) in [6, 6.07) is 13.1. The van der Waals surface area contributed by atoms with Gasteiger partial charge in [-0.05, 0) is 55.0 Å².